The molecule has 0 bridgehead atoms. The average Bonchev–Trinajstić information content (AvgIpc) is 3.00. The van der Waals surface area contributed by atoms with Gasteiger partial charge in [0.2, 0.25) is 4.77 Å². The SMILES string of the molecule is CN(Cc1ccsc1)Cn1nc2ccccn2c1=S. The van der Waals surface area contributed by atoms with E-state index < -0.39 is 0 Å². The van der Waals surface area contributed by atoms with Crippen LogP contribution in [0, 0.1) is 4.77 Å². The van der Waals surface area contributed by atoms with Crippen LogP contribution in [0.4, 0.5) is 0 Å². The Morgan fingerprint density at radius 3 is 3.00 bits per heavy atom. The van der Waals surface area contributed by atoms with Crippen LogP contribution in [-0.4, -0.2) is 26.1 Å². The van der Waals surface area contributed by atoms with Gasteiger partial charge in [-0.25, -0.2) is 4.68 Å². The van der Waals surface area contributed by atoms with Gasteiger partial charge >= 0.3 is 0 Å². The van der Waals surface area contributed by atoms with Crippen LogP contribution >= 0.6 is 23.6 Å². The Morgan fingerprint density at radius 1 is 1.37 bits per heavy atom. The van der Waals surface area contributed by atoms with Crippen LogP contribution < -0.4 is 0 Å². The minimum Gasteiger partial charge on any atom is -0.283 e. The molecule has 0 N–H and O–H groups in total. The summed E-state index contributed by atoms with van der Waals surface area (Å²) in [6.45, 7) is 1.59. The maximum absolute atomic E-state index is 5.43. The van der Waals surface area contributed by atoms with Crippen LogP contribution in [0.3, 0.4) is 0 Å². The summed E-state index contributed by atoms with van der Waals surface area (Å²) in [5.74, 6) is 0. The molecular weight excluding hydrogens is 276 g/mol. The second kappa shape index (κ2) is 5.24. The molecule has 0 spiro atoms. The zero-order valence-electron chi connectivity index (χ0n) is 10.6. The number of nitrogens with zero attached hydrogens (tertiary/aromatic N) is 4. The van der Waals surface area contributed by atoms with Gasteiger partial charge < -0.3 is 0 Å². The number of hydrogen-bond donors (Lipinski definition) is 0. The molecule has 0 amide bonds. The lowest BCUT2D eigenvalue weighted by Crippen LogP contribution is -2.22. The van der Waals surface area contributed by atoms with Crippen molar-refractivity contribution in [3.63, 3.8) is 0 Å². The third-order valence-corrected chi connectivity index (χ3v) is 4.04. The van der Waals surface area contributed by atoms with E-state index in [1.54, 1.807) is 11.3 Å². The molecule has 3 rings (SSSR count). The smallest absolute Gasteiger partial charge is 0.203 e. The van der Waals surface area contributed by atoms with Crippen molar-refractivity contribution in [3.8, 4) is 0 Å². The van der Waals surface area contributed by atoms with Crippen LogP contribution in [0.2, 0.25) is 0 Å². The topological polar surface area (TPSA) is 25.5 Å². The van der Waals surface area contributed by atoms with Gasteiger partial charge in [0.05, 0.1) is 6.67 Å². The quantitative estimate of drug-likeness (QED) is 0.691. The molecule has 3 heterocycles. The van der Waals surface area contributed by atoms with Gasteiger partial charge in [-0.05, 0) is 53.8 Å². The van der Waals surface area contributed by atoms with E-state index >= 15 is 0 Å². The fraction of sp³-hybridized carbons (Fsp3) is 0.231. The van der Waals surface area contributed by atoms with Crippen molar-refractivity contribution in [3.05, 3.63) is 51.6 Å². The van der Waals surface area contributed by atoms with E-state index in [1.807, 2.05) is 33.5 Å². The Morgan fingerprint density at radius 2 is 2.26 bits per heavy atom. The molecule has 6 heteroatoms. The largest absolute Gasteiger partial charge is 0.283 e. The molecule has 3 aromatic heterocycles. The monoisotopic (exact) mass is 290 g/mol. The molecule has 0 radical (unpaired) electrons. The molecule has 4 nitrogen and oxygen atoms in total. The molecule has 0 aliphatic heterocycles. The summed E-state index contributed by atoms with van der Waals surface area (Å²) < 4.78 is 4.51. The minimum absolute atomic E-state index is 0.691. The van der Waals surface area contributed by atoms with E-state index in [0.29, 0.717) is 6.67 Å². The van der Waals surface area contributed by atoms with Gasteiger partial charge in [-0.1, -0.05) is 6.07 Å². The number of thiophene rings is 1. The fourth-order valence-electron chi connectivity index (χ4n) is 2.03. The van der Waals surface area contributed by atoms with Crippen LogP contribution in [-0.2, 0) is 13.2 Å². The lowest BCUT2D eigenvalue weighted by atomic mass is 10.3. The van der Waals surface area contributed by atoms with Crippen LogP contribution in [0.1, 0.15) is 5.56 Å². The highest BCUT2D eigenvalue weighted by molar-refractivity contribution is 7.71. The fourth-order valence-corrected chi connectivity index (χ4v) is 2.95. The molecule has 0 aliphatic carbocycles. The van der Waals surface area contributed by atoms with Gasteiger partial charge in [0.15, 0.2) is 5.65 Å². The summed E-state index contributed by atoms with van der Waals surface area (Å²) in [5.41, 5.74) is 2.21. The molecule has 0 aromatic carbocycles. The first-order valence-corrected chi connectivity index (χ1v) is 7.33. The summed E-state index contributed by atoms with van der Waals surface area (Å²) in [6, 6.07) is 8.04. The summed E-state index contributed by atoms with van der Waals surface area (Å²) >= 11 is 7.15. The van der Waals surface area contributed by atoms with Gasteiger partial charge in [-0.2, -0.15) is 16.4 Å². The van der Waals surface area contributed by atoms with Crippen LogP contribution in [0.25, 0.3) is 5.65 Å². The lowest BCUT2D eigenvalue weighted by Gasteiger charge is -2.15. The molecule has 0 unspecified atom stereocenters. The van der Waals surface area contributed by atoms with E-state index in [4.69, 9.17) is 12.2 Å². The van der Waals surface area contributed by atoms with Gasteiger partial charge in [0.25, 0.3) is 0 Å². The predicted octanol–water partition coefficient (Wildman–Crippen LogP) is 3.02. The summed E-state index contributed by atoms with van der Waals surface area (Å²) in [5, 5.41) is 8.78. The van der Waals surface area contributed by atoms with Gasteiger partial charge in [0, 0.05) is 12.7 Å². The second-order valence-corrected chi connectivity index (χ2v) is 5.64. The summed E-state index contributed by atoms with van der Waals surface area (Å²) in [6.07, 6.45) is 1.94. The van der Waals surface area contributed by atoms with Crippen molar-refractivity contribution in [1.29, 1.82) is 0 Å². The number of pyridine rings is 1. The van der Waals surface area contributed by atoms with Crippen LogP contribution in [0.5, 0.6) is 0 Å². The normalized spacial score (nSPS) is 11.5. The van der Waals surface area contributed by atoms with Crippen molar-refractivity contribution in [1.82, 2.24) is 19.1 Å². The number of aromatic nitrogens is 3. The maximum atomic E-state index is 5.43. The van der Waals surface area contributed by atoms with Crippen molar-refractivity contribution < 1.29 is 0 Å². The Kier molecular flexibility index (Phi) is 3.46. The Hall–Kier alpha value is -1.50. The third-order valence-electron chi connectivity index (χ3n) is 2.90. The molecule has 98 valence electrons. The first kappa shape index (κ1) is 12.5. The maximum Gasteiger partial charge on any atom is 0.203 e. The number of hydrogen-bond acceptors (Lipinski definition) is 4. The highest BCUT2D eigenvalue weighted by Crippen LogP contribution is 2.09. The Balaban J connectivity index is 1.81. The van der Waals surface area contributed by atoms with Gasteiger partial charge in [-0.15, -0.1) is 0 Å². The van der Waals surface area contributed by atoms with E-state index in [0.717, 1.165) is 17.0 Å². The molecule has 0 saturated carbocycles. The highest BCUT2D eigenvalue weighted by Gasteiger charge is 2.06. The average molecular weight is 290 g/mol. The van der Waals surface area contributed by atoms with Gasteiger partial charge in [-0.3, -0.25) is 9.30 Å². The highest BCUT2D eigenvalue weighted by atomic mass is 32.1. The lowest BCUT2D eigenvalue weighted by molar-refractivity contribution is 0.245. The standard InChI is InChI=1S/C13H14N4S2/c1-15(8-11-5-7-19-9-11)10-17-13(18)16-6-3-2-4-12(16)14-17/h2-7,9H,8,10H2,1H3. The van der Waals surface area contributed by atoms with Crippen molar-refractivity contribution in [2.75, 3.05) is 7.05 Å². The summed E-state index contributed by atoms with van der Waals surface area (Å²) in [4.78, 5) is 2.20. The van der Waals surface area contributed by atoms with E-state index in [9.17, 15) is 0 Å². The summed E-state index contributed by atoms with van der Waals surface area (Å²) in [7, 11) is 2.07. The van der Waals surface area contributed by atoms with Crippen molar-refractivity contribution >= 4 is 29.2 Å². The molecule has 3 aromatic rings. The molecule has 0 aliphatic rings. The second-order valence-electron chi connectivity index (χ2n) is 4.50. The first-order chi connectivity index (χ1) is 9.24. The molecule has 0 saturated heterocycles. The van der Waals surface area contributed by atoms with E-state index in [2.05, 4.69) is 33.9 Å². The number of fused-ring (bicyclic) bond motifs is 1. The van der Waals surface area contributed by atoms with E-state index in [-0.39, 0.29) is 0 Å². The minimum atomic E-state index is 0.691. The predicted molar refractivity (Wildman–Crippen MR) is 79.8 cm³/mol. The molecule has 19 heavy (non-hydrogen) atoms. The molecule has 0 atom stereocenters. The van der Waals surface area contributed by atoms with E-state index in [1.165, 1.54) is 5.56 Å². The third kappa shape index (κ3) is 2.60. The van der Waals surface area contributed by atoms with Gasteiger partial charge in [0.1, 0.15) is 0 Å². The molecular formula is C13H14N4S2. The zero-order chi connectivity index (χ0) is 13.2. The first-order valence-electron chi connectivity index (χ1n) is 5.98. The Labute approximate surface area is 120 Å². The van der Waals surface area contributed by atoms with Crippen molar-refractivity contribution in [2.24, 2.45) is 0 Å². The zero-order valence-corrected chi connectivity index (χ0v) is 12.2. The number of rotatable bonds is 4. The Bertz CT molecular complexity index is 727. The van der Waals surface area contributed by atoms with Crippen molar-refractivity contribution in [2.45, 2.75) is 13.2 Å². The molecule has 0 fully saturated rings. The van der Waals surface area contributed by atoms with Crippen LogP contribution in [0.15, 0.2) is 41.2 Å².